The van der Waals surface area contributed by atoms with E-state index in [1.54, 1.807) is 59.3 Å². The van der Waals surface area contributed by atoms with Crippen molar-refractivity contribution in [2.45, 2.75) is 63.7 Å². The van der Waals surface area contributed by atoms with Gasteiger partial charge in [-0.2, -0.15) is 0 Å². The monoisotopic (exact) mass is 680 g/mol. The summed E-state index contributed by atoms with van der Waals surface area (Å²) in [4.78, 5) is 39.5. The van der Waals surface area contributed by atoms with E-state index in [0.717, 1.165) is 27.8 Å². The Labute approximate surface area is 292 Å². The van der Waals surface area contributed by atoms with Crippen molar-refractivity contribution < 1.29 is 38.4 Å². The number of amides is 2. The number of carbonyl (C=O) groups excluding carboxylic acids is 3. The van der Waals surface area contributed by atoms with Gasteiger partial charge in [-0.15, -0.1) is 0 Å². The molecule has 0 heterocycles. The molecule has 0 fully saturated rings. The Bertz CT molecular complexity index is 1790. The van der Waals surface area contributed by atoms with Gasteiger partial charge in [0.15, 0.2) is 11.5 Å². The van der Waals surface area contributed by atoms with E-state index < -0.39 is 42.1 Å². The first-order valence-electron chi connectivity index (χ1n) is 16.6. The lowest BCUT2D eigenvalue weighted by Crippen LogP contribution is -2.46. The summed E-state index contributed by atoms with van der Waals surface area (Å²) >= 11 is 0. The van der Waals surface area contributed by atoms with Crippen LogP contribution in [0.1, 0.15) is 67.9 Å². The topological polar surface area (TPSA) is 132 Å². The third-order valence-electron chi connectivity index (χ3n) is 8.44. The number of aryl methyl sites for hydroxylation is 1. The van der Waals surface area contributed by atoms with Crippen LogP contribution in [-0.4, -0.2) is 55.5 Å². The third kappa shape index (κ3) is 9.00. The minimum absolute atomic E-state index is 0.0455. The van der Waals surface area contributed by atoms with Crippen LogP contribution in [0.25, 0.3) is 11.1 Å². The van der Waals surface area contributed by atoms with E-state index in [1.807, 2.05) is 66.7 Å². The van der Waals surface area contributed by atoms with Crippen molar-refractivity contribution in [2.75, 3.05) is 26.1 Å². The number of fused-ring (bicyclic) bond motifs is 3. The van der Waals surface area contributed by atoms with Crippen LogP contribution in [0.4, 0.5) is 10.5 Å². The minimum atomic E-state index is -1.29. The number of aliphatic hydroxyl groups is 1. The highest BCUT2D eigenvalue weighted by molar-refractivity contribution is 5.98. The van der Waals surface area contributed by atoms with E-state index in [-0.39, 0.29) is 12.5 Å². The first-order chi connectivity index (χ1) is 24.0. The molecule has 10 nitrogen and oxygen atoms in total. The number of carbonyl (C=O) groups is 3. The van der Waals surface area contributed by atoms with Gasteiger partial charge in [0.25, 0.3) is 0 Å². The van der Waals surface area contributed by atoms with Crippen LogP contribution in [0.15, 0.2) is 91.0 Å². The highest BCUT2D eigenvalue weighted by atomic mass is 16.6. The lowest BCUT2D eigenvalue weighted by Gasteiger charge is -2.23. The molecular formula is C40H44N2O8. The number of nitrogens with one attached hydrogen (secondary N) is 2. The second-order valence-electron chi connectivity index (χ2n) is 13.2. The summed E-state index contributed by atoms with van der Waals surface area (Å²) in [7, 11) is 3.14. The molecule has 50 heavy (non-hydrogen) atoms. The molecule has 4 aromatic rings. The molecule has 0 bridgehead atoms. The first kappa shape index (κ1) is 35.9. The number of rotatable bonds is 13. The summed E-state index contributed by atoms with van der Waals surface area (Å²) in [5, 5.41) is 16.3. The van der Waals surface area contributed by atoms with Gasteiger partial charge in [-0.25, -0.2) is 4.79 Å². The Morgan fingerprint density at radius 1 is 0.820 bits per heavy atom. The lowest BCUT2D eigenvalue weighted by atomic mass is 9.98. The van der Waals surface area contributed by atoms with Gasteiger partial charge < -0.3 is 34.7 Å². The van der Waals surface area contributed by atoms with Crippen molar-refractivity contribution in [1.82, 2.24) is 5.32 Å². The lowest BCUT2D eigenvalue weighted by molar-refractivity contribution is -0.156. The van der Waals surface area contributed by atoms with Crippen molar-refractivity contribution in [1.29, 1.82) is 0 Å². The fraction of sp³-hybridized carbons (Fsp3) is 0.325. The van der Waals surface area contributed by atoms with Crippen LogP contribution in [0.2, 0.25) is 0 Å². The summed E-state index contributed by atoms with van der Waals surface area (Å²) in [6.45, 7) is 5.21. The van der Waals surface area contributed by atoms with Crippen LogP contribution in [0, 0.1) is 0 Å². The zero-order valence-corrected chi connectivity index (χ0v) is 29.0. The smallest absolute Gasteiger partial charge is 0.407 e. The van der Waals surface area contributed by atoms with E-state index in [0.29, 0.717) is 35.6 Å². The zero-order valence-electron chi connectivity index (χ0n) is 29.0. The Kier molecular flexibility index (Phi) is 11.4. The third-order valence-corrected chi connectivity index (χ3v) is 8.44. The Balaban J connectivity index is 1.24. The summed E-state index contributed by atoms with van der Waals surface area (Å²) in [5.74, 6) is -0.236. The zero-order chi connectivity index (χ0) is 35.8. The number of anilines is 1. The fourth-order valence-electron chi connectivity index (χ4n) is 6.10. The van der Waals surface area contributed by atoms with E-state index in [2.05, 4.69) is 10.6 Å². The number of hydrogen-bond acceptors (Lipinski definition) is 8. The van der Waals surface area contributed by atoms with Crippen LogP contribution in [-0.2, 0) is 25.5 Å². The quantitative estimate of drug-likeness (QED) is 0.129. The number of hydrogen-bond donors (Lipinski definition) is 3. The van der Waals surface area contributed by atoms with Crippen molar-refractivity contribution in [3.8, 4) is 22.6 Å². The molecule has 0 saturated heterocycles. The molecule has 4 aromatic carbocycles. The van der Waals surface area contributed by atoms with Crippen molar-refractivity contribution in [3.05, 3.63) is 113 Å². The molecule has 2 atom stereocenters. The second-order valence-corrected chi connectivity index (χ2v) is 13.2. The first-order valence-corrected chi connectivity index (χ1v) is 16.6. The van der Waals surface area contributed by atoms with Gasteiger partial charge in [0.2, 0.25) is 5.91 Å². The highest BCUT2D eigenvalue weighted by Gasteiger charge is 2.31. The van der Waals surface area contributed by atoms with Crippen molar-refractivity contribution in [2.24, 2.45) is 0 Å². The maximum absolute atomic E-state index is 13.6. The normalized spacial score (nSPS) is 13.3. The SMILES string of the molecule is COc1ccc(CC[C@@H](O)c2cccc(NC(=O)C(CC(=O)OC(C)(C)C)NC(=O)OCC3c4ccccc4-c4ccccc43)c2)cc1OC. The molecule has 0 saturated carbocycles. The molecule has 1 unspecified atom stereocenters. The summed E-state index contributed by atoms with van der Waals surface area (Å²) < 4.78 is 21.8. The van der Waals surface area contributed by atoms with E-state index >= 15 is 0 Å². The molecular weight excluding hydrogens is 636 g/mol. The fourth-order valence-corrected chi connectivity index (χ4v) is 6.10. The number of esters is 1. The molecule has 2 amide bonds. The van der Waals surface area contributed by atoms with Crippen LogP contribution >= 0.6 is 0 Å². The molecule has 0 spiro atoms. The number of alkyl carbamates (subject to hydrolysis) is 1. The molecule has 0 aromatic heterocycles. The van der Waals surface area contributed by atoms with Crippen LogP contribution in [0.5, 0.6) is 11.5 Å². The molecule has 5 rings (SSSR count). The number of methoxy groups -OCH3 is 2. The largest absolute Gasteiger partial charge is 0.493 e. The predicted molar refractivity (Wildman–Crippen MR) is 190 cm³/mol. The van der Waals surface area contributed by atoms with Gasteiger partial charge in [0.05, 0.1) is 26.7 Å². The predicted octanol–water partition coefficient (Wildman–Crippen LogP) is 6.95. The number of aliphatic hydroxyl groups excluding tert-OH is 1. The molecule has 0 aliphatic heterocycles. The van der Waals surface area contributed by atoms with Crippen LogP contribution < -0.4 is 20.1 Å². The Morgan fingerprint density at radius 2 is 1.48 bits per heavy atom. The average Bonchev–Trinajstić information content (AvgIpc) is 3.42. The van der Waals surface area contributed by atoms with Crippen molar-refractivity contribution >= 4 is 23.7 Å². The van der Waals surface area contributed by atoms with E-state index in [4.69, 9.17) is 18.9 Å². The van der Waals surface area contributed by atoms with Crippen molar-refractivity contribution in [3.63, 3.8) is 0 Å². The van der Waals surface area contributed by atoms with Gasteiger partial charge in [0.1, 0.15) is 18.2 Å². The van der Waals surface area contributed by atoms with Crippen LogP contribution in [0.3, 0.4) is 0 Å². The molecule has 262 valence electrons. The minimum Gasteiger partial charge on any atom is -0.493 e. The highest BCUT2D eigenvalue weighted by Crippen LogP contribution is 2.44. The maximum Gasteiger partial charge on any atom is 0.407 e. The molecule has 0 radical (unpaired) electrons. The molecule has 3 N–H and O–H groups in total. The van der Waals surface area contributed by atoms with Gasteiger partial charge in [0, 0.05) is 11.6 Å². The molecule has 1 aliphatic carbocycles. The molecule has 1 aliphatic rings. The van der Waals surface area contributed by atoms with Gasteiger partial charge >= 0.3 is 12.1 Å². The van der Waals surface area contributed by atoms with E-state index in [1.165, 1.54) is 0 Å². The molecule has 10 heteroatoms. The number of benzene rings is 4. The summed E-state index contributed by atoms with van der Waals surface area (Å²) in [6.07, 6.45) is -1.09. The van der Waals surface area contributed by atoms with Gasteiger partial charge in [-0.1, -0.05) is 66.7 Å². The second kappa shape index (κ2) is 15.9. The van der Waals surface area contributed by atoms with E-state index in [9.17, 15) is 19.5 Å². The average molecular weight is 681 g/mol. The number of ether oxygens (including phenoxy) is 4. The summed E-state index contributed by atoms with van der Waals surface area (Å²) in [5.41, 5.74) is 5.45. The maximum atomic E-state index is 13.6. The Morgan fingerprint density at radius 3 is 2.12 bits per heavy atom. The van der Waals surface area contributed by atoms with Gasteiger partial charge in [-0.05, 0) is 91.3 Å². The summed E-state index contributed by atoms with van der Waals surface area (Å²) in [6, 6.07) is 27.1. The van der Waals surface area contributed by atoms with Gasteiger partial charge in [-0.3, -0.25) is 9.59 Å². The Hall–Kier alpha value is -5.35. The standard InChI is InChI=1S/C40H44N2O8/c1-40(2,3)50-37(44)23-33(42-39(46)49-24-32-30-15-8-6-13-28(30)29-14-7-9-16-31(29)32)38(45)41-27-12-10-11-26(22-27)34(43)19-17-25-18-20-35(47-4)36(21-25)48-5/h6-16,18,20-22,32-34,43H,17,19,23-24H2,1-5H3,(H,41,45)(H,42,46)/t33?,34-/m1/s1.